The number of phenols is 2. The van der Waals surface area contributed by atoms with Gasteiger partial charge in [-0.3, -0.25) is 9.69 Å². The van der Waals surface area contributed by atoms with Crippen LogP contribution in [0.5, 0.6) is 23.0 Å². The number of benzene rings is 2. The number of ether oxygens (including phenoxy) is 2. The van der Waals surface area contributed by atoms with Gasteiger partial charge in [-0.05, 0) is 35.9 Å². The molecule has 1 heterocycles. The fourth-order valence-electron chi connectivity index (χ4n) is 2.43. The number of hydrogen-bond donors (Lipinski definition) is 2. The third-order valence-electron chi connectivity index (χ3n) is 3.72. The van der Waals surface area contributed by atoms with E-state index < -0.39 is 0 Å². The van der Waals surface area contributed by atoms with Crippen LogP contribution in [0, 0.1) is 0 Å². The maximum absolute atomic E-state index is 12.8. The van der Waals surface area contributed by atoms with Gasteiger partial charge >= 0.3 is 0 Å². The molecule has 0 bridgehead atoms. The number of methoxy groups -OCH3 is 2. The number of anilines is 1. The van der Waals surface area contributed by atoms with Gasteiger partial charge in [0, 0.05) is 6.07 Å². The van der Waals surface area contributed by atoms with Crippen molar-refractivity contribution in [2.24, 2.45) is 0 Å². The van der Waals surface area contributed by atoms with Crippen LogP contribution in [0.2, 0.25) is 0 Å². The van der Waals surface area contributed by atoms with E-state index in [1.165, 1.54) is 24.1 Å². The fraction of sp³-hybridized carbons (Fsp3) is 0.111. The third-order valence-corrected chi connectivity index (χ3v) is 5.02. The zero-order chi connectivity index (χ0) is 18.8. The minimum absolute atomic E-state index is 0.224. The van der Waals surface area contributed by atoms with Gasteiger partial charge in [0.15, 0.2) is 15.8 Å². The number of thiocarbonyl (C=S) groups is 1. The Morgan fingerprint density at radius 2 is 1.85 bits per heavy atom. The lowest BCUT2D eigenvalue weighted by Crippen LogP contribution is -2.27. The molecule has 8 heteroatoms. The van der Waals surface area contributed by atoms with E-state index in [2.05, 4.69) is 0 Å². The molecule has 0 radical (unpaired) electrons. The van der Waals surface area contributed by atoms with Gasteiger partial charge in [-0.1, -0.05) is 30.0 Å². The summed E-state index contributed by atoms with van der Waals surface area (Å²) in [4.78, 5) is 14.6. The molecule has 0 aliphatic carbocycles. The van der Waals surface area contributed by atoms with Gasteiger partial charge in [0.2, 0.25) is 0 Å². The first-order valence-electron chi connectivity index (χ1n) is 7.46. The van der Waals surface area contributed by atoms with Crippen molar-refractivity contribution in [2.45, 2.75) is 0 Å². The van der Waals surface area contributed by atoms with Gasteiger partial charge in [0.1, 0.15) is 11.5 Å². The summed E-state index contributed by atoms with van der Waals surface area (Å²) >= 11 is 6.51. The van der Waals surface area contributed by atoms with Crippen molar-refractivity contribution in [3.05, 3.63) is 46.9 Å². The number of nitrogens with zero attached hydrogens (tertiary/aromatic N) is 1. The highest BCUT2D eigenvalue weighted by Gasteiger charge is 2.35. The molecule has 1 saturated heterocycles. The normalized spacial score (nSPS) is 15.6. The molecule has 0 spiro atoms. The number of amides is 1. The Morgan fingerprint density at radius 3 is 2.50 bits per heavy atom. The van der Waals surface area contributed by atoms with Crippen molar-refractivity contribution < 1.29 is 24.5 Å². The van der Waals surface area contributed by atoms with E-state index in [1.54, 1.807) is 37.5 Å². The van der Waals surface area contributed by atoms with E-state index in [0.29, 0.717) is 32.0 Å². The van der Waals surface area contributed by atoms with Crippen LogP contribution in [0.25, 0.3) is 6.08 Å². The predicted octanol–water partition coefficient (Wildman–Crippen LogP) is 3.52. The highest BCUT2D eigenvalue weighted by molar-refractivity contribution is 8.27. The third kappa shape index (κ3) is 3.33. The standard InChI is InChI=1S/C18H15NO5S2/c1-23-11-4-5-12(15(9-11)24-2)19-17(22)16(26-18(19)25)8-10-3-6-13(20)14(21)7-10/h3-9,20-21H,1-2H3/b16-8-. The first-order chi connectivity index (χ1) is 12.4. The molecule has 3 rings (SSSR count). The number of carbonyl (C=O) groups is 1. The summed E-state index contributed by atoms with van der Waals surface area (Å²) in [7, 11) is 3.05. The summed E-state index contributed by atoms with van der Waals surface area (Å²) in [5.41, 5.74) is 1.09. The summed E-state index contributed by atoms with van der Waals surface area (Å²) in [6, 6.07) is 9.42. The molecule has 6 nitrogen and oxygen atoms in total. The minimum Gasteiger partial charge on any atom is -0.504 e. The molecule has 2 aromatic rings. The van der Waals surface area contributed by atoms with Gasteiger partial charge in [-0.2, -0.15) is 0 Å². The lowest BCUT2D eigenvalue weighted by molar-refractivity contribution is -0.113. The molecule has 0 unspecified atom stereocenters. The molecule has 26 heavy (non-hydrogen) atoms. The first kappa shape index (κ1) is 18.1. The largest absolute Gasteiger partial charge is 0.504 e. The number of rotatable bonds is 4. The lowest BCUT2D eigenvalue weighted by Gasteiger charge is -2.18. The van der Waals surface area contributed by atoms with Crippen LogP contribution < -0.4 is 14.4 Å². The predicted molar refractivity (Wildman–Crippen MR) is 105 cm³/mol. The summed E-state index contributed by atoms with van der Waals surface area (Å²) in [5, 5.41) is 19.0. The Hall–Kier alpha value is -2.71. The van der Waals surface area contributed by atoms with Crippen LogP contribution in [-0.2, 0) is 4.79 Å². The maximum Gasteiger partial charge on any atom is 0.270 e. The summed E-state index contributed by atoms with van der Waals surface area (Å²) in [6.45, 7) is 0. The van der Waals surface area contributed by atoms with Crippen LogP contribution in [0.1, 0.15) is 5.56 Å². The quantitative estimate of drug-likeness (QED) is 0.470. The van der Waals surface area contributed by atoms with Crippen molar-refractivity contribution >= 4 is 46.0 Å². The van der Waals surface area contributed by atoms with Crippen LogP contribution in [0.15, 0.2) is 41.3 Å². The monoisotopic (exact) mass is 389 g/mol. The second kappa shape index (κ2) is 7.27. The van der Waals surface area contributed by atoms with Crippen LogP contribution in [0.3, 0.4) is 0 Å². The SMILES string of the molecule is COc1ccc(N2C(=O)/C(=C/c3ccc(O)c(O)c3)SC2=S)c(OC)c1. The van der Waals surface area contributed by atoms with E-state index in [9.17, 15) is 15.0 Å². The number of aromatic hydroxyl groups is 2. The highest BCUT2D eigenvalue weighted by atomic mass is 32.2. The fourth-order valence-corrected chi connectivity index (χ4v) is 3.71. The van der Waals surface area contributed by atoms with Crippen molar-refractivity contribution in [1.82, 2.24) is 0 Å². The van der Waals surface area contributed by atoms with E-state index >= 15 is 0 Å². The Bertz CT molecular complexity index is 926. The van der Waals surface area contributed by atoms with Crippen molar-refractivity contribution in [3.8, 4) is 23.0 Å². The molecule has 2 aromatic carbocycles. The van der Waals surface area contributed by atoms with Crippen molar-refractivity contribution in [3.63, 3.8) is 0 Å². The smallest absolute Gasteiger partial charge is 0.270 e. The Labute approximate surface area is 159 Å². The summed E-state index contributed by atoms with van der Waals surface area (Å²) in [6.07, 6.45) is 1.61. The summed E-state index contributed by atoms with van der Waals surface area (Å²) in [5.74, 6) is 0.287. The molecule has 1 aliphatic rings. The Morgan fingerprint density at radius 1 is 1.08 bits per heavy atom. The Kier molecular flexibility index (Phi) is 5.06. The summed E-state index contributed by atoms with van der Waals surface area (Å²) < 4.78 is 10.9. The van der Waals surface area contributed by atoms with E-state index in [0.717, 1.165) is 11.8 Å². The molecule has 0 atom stereocenters. The number of thioether (sulfide) groups is 1. The average Bonchev–Trinajstić information content (AvgIpc) is 2.91. The van der Waals surface area contributed by atoms with Crippen LogP contribution >= 0.6 is 24.0 Å². The first-order valence-corrected chi connectivity index (χ1v) is 8.69. The molecule has 0 aromatic heterocycles. The highest BCUT2D eigenvalue weighted by Crippen LogP contribution is 2.41. The van der Waals surface area contributed by atoms with Gasteiger partial charge < -0.3 is 19.7 Å². The van der Waals surface area contributed by atoms with Crippen molar-refractivity contribution in [1.29, 1.82) is 0 Å². The number of carbonyl (C=O) groups excluding carboxylic acids is 1. The van der Waals surface area contributed by atoms with E-state index in [4.69, 9.17) is 21.7 Å². The average molecular weight is 389 g/mol. The van der Waals surface area contributed by atoms with Gasteiger partial charge in [-0.25, -0.2) is 0 Å². The molecule has 2 N–H and O–H groups in total. The maximum atomic E-state index is 12.8. The van der Waals surface area contributed by atoms with Crippen molar-refractivity contribution in [2.75, 3.05) is 19.1 Å². The lowest BCUT2D eigenvalue weighted by atomic mass is 10.2. The van der Waals surface area contributed by atoms with Gasteiger partial charge in [0.25, 0.3) is 5.91 Å². The van der Waals surface area contributed by atoms with Gasteiger partial charge in [-0.15, -0.1) is 0 Å². The molecule has 0 saturated carbocycles. The molecule has 1 fully saturated rings. The number of phenolic OH excluding ortho intramolecular Hbond substituents is 2. The van der Waals surface area contributed by atoms with E-state index in [-0.39, 0.29) is 17.4 Å². The van der Waals surface area contributed by atoms with E-state index in [1.807, 2.05) is 0 Å². The molecule has 1 aliphatic heterocycles. The molecular weight excluding hydrogens is 374 g/mol. The second-order valence-electron chi connectivity index (χ2n) is 5.30. The second-order valence-corrected chi connectivity index (χ2v) is 6.98. The molecular formula is C18H15NO5S2. The zero-order valence-electron chi connectivity index (χ0n) is 13.9. The topological polar surface area (TPSA) is 79.2 Å². The number of hydrogen-bond acceptors (Lipinski definition) is 7. The van der Waals surface area contributed by atoms with Crippen LogP contribution in [0.4, 0.5) is 5.69 Å². The Balaban J connectivity index is 1.97. The molecule has 1 amide bonds. The minimum atomic E-state index is -0.295. The van der Waals surface area contributed by atoms with Crippen LogP contribution in [-0.4, -0.2) is 34.7 Å². The molecule has 134 valence electrons. The van der Waals surface area contributed by atoms with Gasteiger partial charge in [0.05, 0.1) is 24.8 Å². The zero-order valence-corrected chi connectivity index (χ0v) is 15.6.